The van der Waals surface area contributed by atoms with Gasteiger partial charge in [-0.3, -0.25) is 19.7 Å². The zero-order valence-electron chi connectivity index (χ0n) is 12.0. The third-order valence-corrected chi connectivity index (χ3v) is 3.11. The zero-order valence-corrected chi connectivity index (χ0v) is 12.0. The summed E-state index contributed by atoms with van der Waals surface area (Å²) in [6.45, 7) is 0. The van der Waals surface area contributed by atoms with E-state index >= 15 is 0 Å². The van der Waals surface area contributed by atoms with Crippen LogP contribution in [0.2, 0.25) is 0 Å². The van der Waals surface area contributed by atoms with Crippen molar-refractivity contribution in [1.29, 1.82) is 5.26 Å². The molecular weight excluding hydrogens is 292 g/mol. The van der Waals surface area contributed by atoms with E-state index in [0.29, 0.717) is 0 Å². The molecule has 0 aliphatic carbocycles. The van der Waals surface area contributed by atoms with Crippen molar-refractivity contribution < 1.29 is 24.0 Å². The number of rotatable bonds is 6. The highest BCUT2D eigenvalue weighted by Crippen LogP contribution is 2.31. The number of benzene rings is 1. The monoisotopic (exact) mass is 306 g/mol. The molecule has 0 aliphatic heterocycles. The van der Waals surface area contributed by atoms with E-state index < -0.39 is 28.7 Å². The largest absolute Gasteiger partial charge is 0.468 e. The summed E-state index contributed by atoms with van der Waals surface area (Å²) in [5.74, 6) is -4.05. The predicted octanol–water partition coefficient (Wildman–Crippen LogP) is 1.55. The topological polar surface area (TPSA) is 120 Å². The van der Waals surface area contributed by atoms with E-state index in [2.05, 4.69) is 9.47 Å². The van der Waals surface area contributed by atoms with Crippen molar-refractivity contribution in [2.45, 2.75) is 12.3 Å². The zero-order chi connectivity index (χ0) is 16.7. The Morgan fingerprint density at radius 3 is 2.27 bits per heavy atom. The number of carbonyl (C=O) groups is 2. The van der Waals surface area contributed by atoms with E-state index in [0.717, 1.165) is 14.2 Å². The highest BCUT2D eigenvalue weighted by atomic mass is 16.6. The van der Waals surface area contributed by atoms with Crippen LogP contribution in [0.1, 0.15) is 17.9 Å². The average molecular weight is 306 g/mol. The van der Waals surface area contributed by atoms with Gasteiger partial charge in [-0.15, -0.1) is 0 Å². The van der Waals surface area contributed by atoms with Crippen molar-refractivity contribution in [2.75, 3.05) is 14.2 Å². The molecule has 22 heavy (non-hydrogen) atoms. The van der Waals surface area contributed by atoms with E-state index in [1.54, 1.807) is 0 Å². The maximum absolute atomic E-state index is 11.6. The van der Waals surface area contributed by atoms with Gasteiger partial charge in [0.1, 0.15) is 0 Å². The van der Waals surface area contributed by atoms with Crippen LogP contribution >= 0.6 is 0 Å². The van der Waals surface area contributed by atoms with Gasteiger partial charge in [0.05, 0.1) is 31.1 Å². The van der Waals surface area contributed by atoms with Crippen LogP contribution in [0.4, 0.5) is 5.69 Å². The number of nitriles is 1. The van der Waals surface area contributed by atoms with Crippen LogP contribution < -0.4 is 0 Å². The van der Waals surface area contributed by atoms with E-state index in [1.165, 1.54) is 24.3 Å². The molecule has 8 nitrogen and oxygen atoms in total. The van der Waals surface area contributed by atoms with Gasteiger partial charge >= 0.3 is 11.9 Å². The number of esters is 2. The maximum Gasteiger partial charge on any atom is 0.320 e. The normalized spacial score (nSPS) is 11.4. The van der Waals surface area contributed by atoms with Crippen molar-refractivity contribution in [3.05, 3.63) is 39.9 Å². The molecule has 116 valence electrons. The number of nitrogens with zero attached hydrogens (tertiary/aromatic N) is 2. The molecule has 1 atom stereocenters. The third kappa shape index (κ3) is 3.79. The second-order valence-corrected chi connectivity index (χ2v) is 4.33. The molecule has 0 N–H and O–H groups in total. The highest BCUT2D eigenvalue weighted by molar-refractivity contribution is 5.94. The minimum Gasteiger partial charge on any atom is -0.468 e. The maximum atomic E-state index is 11.6. The van der Waals surface area contributed by atoms with Crippen molar-refractivity contribution in [3.8, 4) is 6.07 Å². The van der Waals surface area contributed by atoms with Gasteiger partial charge in [-0.1, -0.05) is 18.2 Å². The first-order valence-electron chi connectivity index (χ1n) is 6.24. The van der Waals surface area contributed by atoms with Crippen molar-refractivity contribution in [2.24, 2.45) is 5.92 Å². The molecule has 0 amide bonds. The Morgan fingerprint density at radius 2 is 1.82 bits per heavy atom. The fraction of sp³-hybridized carbons (Fsp3) is 0.357. The average Bonchev–Trinajstić information content (AvgIpc) is 2.54. The lowest BCUT2D eigenvalue weighted by Crippen LogP contribution is -2.28. The molecule has 1 rings (SSSR count). The minimum atomic E-state index is -1.32. The van der Waals surface area contributed by atoms with Crippen LogP contribution in [0.5, 0.6) is 0 Å². The van der Waals surface area contributed by atoms with Crippen molar-refractivity contribution >= 4 is 17.6 Å². The number of ether oxygens (including phenoxy) is 2. The number of para-hydroxylation sites is 1. The molecule has 0 saturated carbocycles. The second kappa shape index (κ2) is 7.73. The fourth-order valence-corrected chi connectivity index (χ4v) is 2.01. The quantitative estimate of drug-likeness (QED) is 0.338. The number of nitro groups is 1. The summed E-state index contributed by atoms with van der Waals surface area (Å²) in [6, 6.07) is 7.56. The Balaban J connectivity index is 3.16. The van der Waals surface area contributed by atoms with E-state index in [1.807, 2.05) is 6.07 Å². The smallest absolute Gasteiger partial charge is 0.320 e. The molecular formula is C14H14N2O6. The highest BCUT2D eigenvalue weighted by Gasteiger charge is 2.34. The summed E-state index contributed by atoms with van der Waals surface area (Å²) in [5, 5.41) is 20.3. The van der Waals surface area contributed by atoms with E-state index in [4.69, 9.17) is 0 Å². The SMILES string of the molecule is COC(=O)C(CC(C#N)c1ccccc1[N+](=O)[O-])C(=O)OC. The molecule has 0 spiro atoms. The summed E-state index contributed by atoms with van der Waals surface area (Å²) < 4.78 is 9.02. The van der Waals surface area contributed by atoms with Gasteiger partial charge in [0.25, 0.3) is 5.69 Å². The first-order chi connectivity index (χ1) is 10.5. The van der Waals surface area contributed by atoms with Crippen LogP contribution in [0, 0.1) is 27.4 Å². The van der Waals surface area contributed by atoms with Gasteiger partial charge in [0.15, 0.2) is 5.92 Å². The molecule has 8 heteroatoms. The predicted molar refractivity (Wildman–Crippen MR) is 73.6 cm³/mol. The van der Waals surface area contributed by atoms with Crippen LogP contribution in [-0.2, 0) is 19.1 Å². The van der Waals surface area contributed by atoms with Gasteiger partial charge in [-0.05, 0) is 6.42 Å². The standard InChI is InChI=1S/C14H14N2O6/c1-21-13(17)11(14(18)22-2)7-9(8-15)10-5-3-4-6-12(10)16(19)20/h3-6,9,11H,7H2,1-2H3. The molecule has 1 aromatic carbocycles. The van der Waals surface area contributed by atoms with Gasteiger partial charge in [-0.25, -0.2) is 0 Å². The molecule has 0 heterocycles. The lowest BCUT2D eigenvalue weighted by Gasteiger charge is -2.16. The van der Waals surface area contributed by atoms with E-state index in [9.17, 15) is 25.0 Å². The number of methoxy groups -OCH3 is 2. The third-order valence-electron chi connectivity index (χ3n) is 3.11. The second-order valence-electron chi connectivity index (χ2n) is 4.33. The summed E-state index contributed by atoms with van der Waals surface area (Å²) in [7, 11) is 2.20. The van der Waals surface area contributed by atoms with Crippen molar-refractivity contribution in [3.63, 3.8) is 0 Å². The molecule has 0 bridgehead atoms. The summed E-state index contributed by atoms with van der Waals surface area (Å²) in [6.07, 6.45) is -0.263. The van der Waals surface area contributed by atoms with Gasteiger partial charge in [0, 0.05) is 11.6 Å². The van der Waals surface area contributed by atoms with Gasteiger partial charge in [0.2, 0.25) is 0 Å². The molecule has 1 unspecified atom stereocenters. The molecule has 0 aliphatic rings. The molecule has 1 aromatic rings. The van der Waals surface area contributed by atoms with Crippen molar-refractivity contribution in [1.82, 2.24) is 0 Å². The molecule has 0 radical (unpaired) electrons. The first kappa shape index (κ1) is 17.1. The Kier molecular flexibility index (Phi) is 6.01. The fourth-order valence-electron chi connectivity index (χ4n) is 2.01. The summed E-state index contributed by atoms with van der Waals surface area (Å²) in [4.78, 5) is 33.7. The van der Waals surface area contributed by atoms with Crippen LogP contribution in [0.3, 0.4) is 0 Å². The van der Waals surface area contributed by atoms with Crippen LogP contribution in [0.25, 0.3) is 0 Å². The van der Waals surface area contributed by atoms with Gasteiger partial charge in [-0.2, -0.15) is 5.26 Å². The van der Waals surface area contributed by atoms with Crippen LogP contribution in [-0.4, -0.2) is 31.1 Å². The molecule has 0 saturated heterocycles. The first-order valence-corrected chi connectivity index (χ1v) is 6.24. The number of carbonyl (C=O) groups excluding carboxylic acids is 2. The summed E-state index contributed by atoms with van der Waals surface area (Å²) >= 11 is 0. The van der Waals surface area contributed by atoms with Gasteiger partial charge < -0.3 is 9.47 Å². The number of nitro benzene ring substituents is 1. The van der Waals surface area contributed by atoms with Crippen LogP contribution in [0.15, 0.2) is 24.3 Å². The Morgan fingerprint density at radius 1 is 1.27 bits per heavy atom. The lowest BCUT2D eigenvalue weighted by atomic mass is 9.89. The molecule has 0 fully saturated rings. The Labute approximate surface area is 126 Å². The lowest BCUT2D eigenvalue weighted by molar-refractivity contribution is -0.385. The Hall–Kier alpha value is -2.95. The Bertz CT molecular complexity index is 606. The minimum absolute atomic E-state index is 0.132. The number of hydrogen-bond donors (Lipinski definition) is 0. The molecule has 0 aromatic heterocycles. The van der Waals surface area contributed by atoms with E-state index in [-0.39, 0.29) is 17.7 Å². The number of hydrogen-bond acceptors (Lipinski definition) is 7. The summed E-state index contributed by atoms with van der Waals surface area (Å²) in [5.41, 5.74) is -0.115.